The number of carbonyl (C=O) groups is 3. The summed E-state index contributed by atoms with van der Waals surface area (Å²) >= 11 is 0. The summed E-state index contributed by atoms with van der Waals surface area (Å²) < 4.78 is 5.01. The van der Waals surface area contributed by atoms with E-state index in [1.54, 1.807) is 24.3 Å². The van der Waals surface area contributed by atoms with Gasteiger partial charge in [0.1, 0.15) is 0 Å². The summed E-state index contributed by atoms with van der Waals surface area (Å²) in [6.07, 6.45) is 2.34. The van der Waals surface area contributed by atoms with Gasteiger partial charge in [0.25, 0.3) is 5.91 Å². The van der Waals surface area contributed by atoms with E-state index in [-0.39, 0.29) is 24.5 Å². The van der Waals surface area contributed by atoms with E-state index in [0.29, 0.717) is 18.5 Å². The van der Waals surface area contributed by atoms with Gasteiger partial charge in [-0.05, 0) is 37.5 Å². The van der Waals surface area contributed by atoms with Gasteiger partial charge in [-0.2, -0.15) is 0 Å². The molecular weight excluding hydrogens is 308 g/mol. The molecule has 1 aromatic rings. The molecule has 1 heterocycles. The number of nitrogens with zero attached hydrogens (tertiary/aromatic N) is 1. The zero-order valence-electron chi connectivity index (χ0n) is 14.2. The molecule has 1 aromatic carbocycles. The van der Waals surface area contributed by atoms with Crippen LogP contribution in [-0.4, -0.2) is 41.9 Å². The Labute approximate surface area is 142 Å². The fourth-order valence-corrected chi connectivity index (χ4v) is 2.47. The van der Waals surface area contributed by atoms with E-state index in [0.717, 1.165) is 24.9 Å². The Balaban J connectivity index is 1.82. The van der Waals surface area contributed by atoms with Crippen molar-refractivity contribution in [3.8, 4) is 0 Å². The van der Waals surface area contributed by atoms with Crippen molar-refractivity contribution in [2.24, 2.45) is 0 Å². The standard InChI is InChI=1S/C18H24N2O4/c1-3-13(2)19-16(21)12-24-18(23)15-8-6-14(7-9-15)11-20-10-4-5-17(20)22/h6-9,13H,3-5,10-12H2,1-2H3,(H,19,21)/t13-/m1/s1. The summed E-state index contributed by atoms with van der Waals surface area (Å²) in [7, 11) is 0. The van der Waals surface area contributed by atoms with Crippen molar-refractivity contribution < 1.29 is 19.1 Å². The number of benzene rings is 1. The molecule has 0 aromatic heterocycles. The minimum atomic E-state index is -0.530. The zero-order valence-corrected chi connectivity index (χ0v) is 14.2. The van der Waals surface area contributed by atoms with Gasteiger partial charge < -0.3 is 15.0 Å². The maximum absolute atomic E-state index is 11.9. The highest BCUT2D eigenvalue weighted by atomic mass is 16.5. The van der Waals surface area contributed by atoms with Crippen LogP contribution >= 0.6 is 0 Å². The van der Waals surface area contributed by atoms with E-state index in [1.165, 1.54) is 0 Å². The molecule has 1 atom stereocenters. The smallest absolute Gasteiger partial charge is 0.338 e. The molecule has 1 aliphatic heterocycles. The van der Waals surface area contributed by atoms with Crippen molar-refractivity contribution in [3.05, 3.63) is 35.4 Å². The van der Waals surface area contributed by atoms with Crippen LogP contribution in [0, 0.1) is 0 Å². The van der Waals surface area contributed by atoms with Crippen molar-refractivity contribution in [2.45, 2.75) is 45.7 Å². The van der Waals surface area contributed by atoms with Gasteiger partial charge in [-0.1, -0.05) is 19.1 Å². The molecule has 6 nitrogen and oxygen atoms in total. The molecule has 130 valence electrons. The number of esters is 1. The minimum absolute atomic E-state index is 0.0591. The molecular formula is C18H24N2O4. The Morgan fingerprint density at radius 2 is 2.00 bits per heavy atom. The first-order chi connectivity index (χ1) is 11.5. The fourth-order valence-electron chi connectivity index (χ4n) is 2.47. The Bertz CT molecular complexity index is 598. The maximum atomic E-state index is 11.9. The van der Waals surface area contributed by atoms with Gasteiger partial charge in [0.15, 0.2) is 6.61 Å². The van der Waals surface area contributed by atoms with Gasteiger partial charge in [-0.15, -0.1) is 0 Å². The zero-order chi connectivity index (χ0) is 17.5. The Morgan fingerprint density at radius 1 is 1.29 bits per heavy atom. The highest BCUT2D eigenvalue weighted by Crippen LogP contribution is 2.15. The summed E-state index contributed by atoms with van der Waals surface area (Å²) in [4.78, 5) is 37.0. The third kappa shape index (κ3) is 5.08. The number of carbonyl (C=O) groups excluding carboxylic acids is 3. The summed E-state index contributed by atoms with van der Waals surface area (Å²) in [5.74, 6) is -0.661. The van der Waals surface area contributed by atoms with Crippen LogP contribution in [0.1, 0.15) is 49.0 Å². The van der Waals surface area contributed by atoms with Gasteiger partial charge in [0.2, 0.25) is 5.91 Å². The normalized spacial score (nSPS) is 15.2. The summed E-state index contributed by atoms with van der Waals surface area (Å²) in [5, 5.41) is 2.74. The number of likely N-dealkylation sites (tertiary alicyclic amines) is 1. The van der Waals surface area contributed by atoms with Crippen molar-refractivity contribution in [3.63, 3.8) is 0 Å². The molecule has 0 aliphatic carbocycles. The number of ether oxygens (including phenoxy) is 1. The van der Waals surface area contributed by atoms with E-state index < -0.39 is 5.97 Å². The molecule has 0 saturated carbocycles. The van der Waals surface area contributed by atoms with Crippen molar-refractivity contribution >= 4 is 17.8 Å². The first-order valence-corrected chi connectivity index (χ1v) is 8.32. The second kappa shape index (κ2) is 8.47. The third-order valence-electron chi connectivity index (χ3n) is 4.09. The van der Waals surface area contributed by atoms with Gasteiger partial charge in [-0.25, -0.2) is 4.79 Å². The number of rotatable bonds is 7. The largest absolute Gasteiger partial charge is 0.452 e. The van der Waals surface area contributed by atoms with E-state index in [2.05, 4.69) is 5.32 Å². The molecule has 0 bridgehead atoms. The number of amides is 2. The van der Waals surface area contributed by atoms with Gasteiger partial charge >= 0.3 is 5.97 Å². The third-order valence-corrected chi connectivity index (χ3v) is 4.09. The summed E-state index contributed by atoms with van der Waals surface area (Å²) in [6, 6.07) is 6.99. The monoisotopic (exact) mass is 332 g/mol. The Morgan fingerprint density at radius 3 is 2.58 bits per heavy atom. The predicted octanol–water partition coefficient (Wildman–Crippen LogP) is 1.88. The lowest BCUT2D eigenvalue weighted by atomic mass is 10.1. The summed E-state index contributed by atoms with van der Waals surface area (Å²) in [6.45, 7) is 4.92. The van der Waals surface area contributed by atoms with Crippen LogP contribution in [0.25, 0.3) is 0 Å². The lowest BCUT2D eigenvalue weighted by Crippen LogP contribution is -2.35. The maximum Gasteiger partial charge on any atom is 0.338 e. The highest BCUT2D eigenvalue weighted by Gasteiger charge is 2.20. The van der Waals surface area contributed by atoms with Crippen LogP contribution in [0.2, 0.25) is 0 Å². The molecule has 24 heavy (non-hydrogen) atoms. The second-order valence-corrected chi connectivity index (χ2v) is 6.07. The van der Waals surface area contributed by atoms with Gasteiger partial charge in [-0.3, -0.25) is 9.59 Å². The fraction of sp³-hybridized carbons (Fsp3) is 0.500. The number of nitrogens with one attached hydrogen (secondary N) is 1. The average molecular weight is 332 g/mol. The molecule has 0 spiro atoms. The number of hydrogen-bond donors (Lipinski definition) is 1. The SMILES string of the molecule is CC[C@@H](C)NC(=O)COC(=O)c1ccc(CN2CCCC2=O)cc1. The quantitative estimate of drug-likeness (QED) is 0.774. The molecule has 1 aliphatic rings. The topological polar surface area (TPSA) is 75.7 Å². The van der Waals surface area contributed by atoms with Crippen molar-refractivity contribution in [2.75, 3.05) is 13.2 Å². The first kappa shape index (κ1) is 18.0. The van der Waals surface area contributed by atoms with Crippen LogP contribution in [0.3, 0.4) is 0 Å². The summed E-state index contributed by atoms with van der Waals surface area (Å²) in [5.41, 5.74) is 1.36. The van der Waals surface area contributed by atoms with E-state index >= 15 is 0 Å². The Kier molecular flexibility index (Phi) is 6.35. The van der Waals surface area contributed by atoms with Crippen LogP contribution in [0.5, 0.6) is 0 Å². The molecule has 6 heteroatoms. The minimum Gasteiger partial charge on any atom is -0.452 e. The molecule has 2 amide bonds. The molecule has 1 saturated heterocycles. The van der Waals surface area contributed by atoms with Gasteiger partial charge in [0.05, 0.1) is 5.56 Å². The van der Waals surface area contributed by atoms with Crippen LogP contribution in [0.15, 0.2) is 24.3 Å². The number of hydrogen-bond acceptors (Lipinski definition) is 4. The molecule has 0 radical (unpaired) electrons. The second-order valence-electron chi connectivity index (χ2n) is 6.07. The molecule has 1 N–H and O–H groups in total. The first-order valence-electron chi connectivity index (χ1n) is 8.32. The molecule has 1 fully saturated rings. The lowest BCUT2D eigenvalue weighted by Gasteiger charge is -2.15. The van der Waals surface area contributed by atoms with Crippen LogP contribution in [0.4, 0.5) is 0 Å². The van der Waals surface area contributed by atoms with E-state index in [9.17, 15) is 14.4 Å². The lowest BCUT2D eigenvalue weighted by molar-refractivity contribution is -0.128. The van der Waals surface area contributed by atoms with Crippen LogP contribution < -0.4 is 5.32 Å². The highest BCUT2D eigenvalue weighted by molar-refractivity contribution is 5.91. The Hall–Kier alpha value is -2.37. The predicted molar refractivity (Wildman–Crippen MR) is 89.3 cm³/mol. The van der Waals surface area contributed by atoms with E-state index in [4.69, 9.17) is 4.74 Å². The van der Waals surface area contributed by atoms with Crippen molar-refractivity contribution in [1.82, 2.24) is 10.2 Å². The van der Waals surface area contributed by atoms with E-state index in [1.807, 2.05) is 18.7 Å². The van der Waals surface area contributed by atoms with Crippen LogP contribution in [-0.2, 0) is 20.9 Å². The molecule has 0 unspecified atom stereocenters. The molecule has 2 rings (SSSR count). The average Bonchev–Trinajstić information content (AvgIpc) is 2.98. The van der Waals surface area contributed by atoms with Gasteiger partial charge in [0, 0.05) is 25.6 Å². The van der Waals surface area contributed by atoms with Crippen molar-refractivity contribution in [1.29, 1.82) is 0 Å².